The summed E-state index contributed by atoms with van der Waals surface area (Å²) in [5.41, 5.74) is -4.62. The predicted molar refractivity (Wildman–Crippen MR) is 78.3 cm³/mol. The summed E-state index contributed by atoms with van der Waals surface area (Å²) >= 11 is 0.950. The maximum absolute atomic E-state index is 13.9. The van der Waals surface area contributed by atoms with Crippen molar-refractivity contribution in [1.29, 1.82) is 5.26 Å². The van der Waals surface area contributed by atoms with Gasteiger partial charge >= 0.3 is 6.18 Å². The minimum absolute atomic E-state index is 0.0200. The van der Waals surface area contributed by atoms with Crippen molar-refractivity contribution in [2.24, 2.45) is 0 Å². The number of rotatable bonds is 3. The monoisotopic (exact) mass is 359 g/mol. The highest BCUT2D eigenvalue weighted by molar-refractivity contribution is 7.98. The van der Waals surface area contributed by atoms with Crippen LogP contribution in [0.1, 0.15) is 11.1 Å². The fourth-order valence-electron chi connectivity index (χ4n) is 2.07. The number of alkyl halides is 3. The summed E-state index contributed by atoms with van der Waals surface area (Å²) in [7, 11) is 1.09. The lowest BCUT2D eigenvalue weighted by atomic mass is 9.99. The van der Waals surface area contributed by atoms with Crippen LogP contribution in [-0.4, -0.2) is 23.3 Å². The number of aromatic nitrogens is 2. The molecule has 1 aromatic heterocycles. The van der Waals surface area contributed by atoms with E-state index in [1.807, 2.05) is 0 Å². The Kier molecular flexibility index (Phi) is 4.84. The smallest absolute Gasteiger partial charge is 0.420 e. The molecule has 0 unspecified atom stereocenters. The van der Waals surface area contributed by atoms with Gasteiger partial charge in [-0.15, -0.1) is 0 Å². The summed E-state index contributed by atoms with van der Waals surface area (Å²) in [4.78, 5) is 18.0. The van der Waals surface area contributed by atoms with Crippen LogP contribution in [0.5, 0.6) is 5.75 Å². The van der Waals surface area contributed by atoms with Gasteiger partial charge in [-0.2, -0.15) is 18.4 Å². The number of H-pyrrole nitrogens is 1. The van der Waals surface area contributed by atoms with Gasteiger partial charge in [0.2, 0.25) is 0 Å². The highest BCUT2D eigenvalue weighted by Crippen LogP contribution is 2.43. The van der Waals surface area contributed by atoms with Crippen molar-refractivity contribution in [3.05, 3.63) is 39.4 Å². The molecule has 24 heavy (non-hydrogen) atoms. The van der Waals surface area contributed by atoms with E-state index >= 15 is 0 Å². The van der Waals surface area contributed by atoms with Crippen molar-refractivity contribution in [3.8, 4) is 23.1 Å². The number of nitrogens with zero attached hydrogens (tertiary/aromatic N) is 2. The molecule has 5 nitrogen and oxygen atoms in total. The number of methoxy groups -OCH3 is 1. The van der Waals surface area contributed by atoms with Gasteiger partial charge in [-0.05, 0) is 18.4 Å². The molecular formula is C14H9F4N3O2S. The van der Waals surface area contributed by atoms with Gasteiger partial charge in [0.15, 0.2) is 5.16 Å². The standard InChI is InChI=1S/C14H9F4N3O2S/c1-23-8-4-3-7(15)10(14(16,17)18)9(8)11-6(5-19)12(22)21-13(20-11)24-2/h3-4H,1-2H3,(H,20,21,22). The Morgan fingerprint density at radius 1 is 1.38 bits per heavy atom. The van der Waals surface area contributed by atoms with E-state index in [9.17, 15) is 22.4 Å². The van der Waals surface area contributed by atoms with E-state index in [0.717, 1.165) is 24.9 Å². The van der Waals surface area contributed by atoms with Crippen LogP contribution in [-0.2, 0) is 6.18 Å². The van der Waals surface area contributed by atoms with Crippen molar-refractivity contribution in [3.63, 3.8) is 0 Å². The predicted octanol–water partition coefficient (Wildman–Crippen LogP) is 3.20. The summed E-state index contributed by atoms with van der Waals surface area (Å²) in [5, 5.41) is 9.10. The average molecular weight is 359 g/mol. The van der Waals surface area contributed by atoms with Crippen molar-refractivity contribution in [1.82, 2.24) is 9.97 Å². The van der Waals surface area contributed by atoms with Crippen LogP contribution < -0.4 is 10.3 Å². The third-order valence-electron chi connectivity index (χ3n) is 3.06. The molecule has 2 aromatic rings. The minimum atomic E-state index is -5.08. The number of nitrogens with one attached hydrogen (secondary N) is 1. The van der Waals surface area contributed by atoms with Gasteiger partial charge in [0.05, 0.1) is 12.7 Å². The molecule has 0 aliphatic heterocycles. The second-order valence-corrected chi connectivity index (χ2v) is 5.20. The van der Waals surface area contributed by atoms with E-state index in [0.29, 0.717) is 6.07 Å². The Bertz CT molecular complexity index is 887. The second-order valence-electron chi connectivity index (χ2n) is 4.41. The SMILES string of the molecule is COc1ccc(F)c(C(F)(F)F)c1-c1nc(SC)[nH]c(=O)c1C#N. The molecule has 126 valence electrons. The van der Waals surface area contributed by atoms with Crippen LogP contribution in [0.3, 0.4) is 0 Å². The Balaban J connectivity index is 3.02. The van der Waals surface area contributed by atoms with Crippen LogP contribution in [0, 0.1) is 17.1 Å². The first kappa shape index (κ1) is 17.8. The van der Waals surface area contributed by atoms with Gasteiger partial charge in [0.1, 0.15) is 34.5 Å². The molecule has 0 radical (unpaired) electrons. The largest absolute Gasteiger partial charge is 0.496 e. The number of hydrogen-bond acceptors (Lipinski definition) is 5. The molecule has 0 aliphatic rings. The first-order chi connectivity index (χ1) is 11.2. The normalized spacial score (nSPS) is 11.2. The summed E-state index contributed by atoms with van der Waals surface area (Å²) < 4.78 is 58.8. The lowest BCUT2D eigenvalue weighted by molar-refractivity contribution is -0.139. The Morgan fingerprint density at radius 2 is 2.04 bits per heavy atom. The van der Waals surface area contributed by atoms with Crippen LogP contribution in [0.2, 0.25) is 0 Å². The number of benzene rings is 1. The maximum Gasteiger partial charge on any atom is 0.420 e. The Hall–Kier alpha value is -2.54. The third kappa shape index (κ3) is 3.07. The molecule has 0 bridgehead atoms. The fraction of sp³-hybridized carbons (Fsp3) is 0.214. The molecule has 2 rings (SSSR count). The molecule has 0 aliphatic carbocycles. The highest BCUT2D eigenvalue weighted by atomic mass is 32.2. The first-order valence-corrected chi connectivity index (χ1v) is 7.49. The zero-order valence-corrected chi connectivity index (χ0v) is 13.1. The number of halogens is 4. The molecule has 1 N–H and O–H groups in total. The molecule has 0 saturated heterocycles. The van der Waals surface area contributed by atoms with E-state index in [4.69, 9.17) is 10.00 Å². The van der Waals surface area contributed by atoms with Crippen molar-refractivity contribution in [2.75, 3.05) is 13.4 Å². The molecule has 1 heterocycles. The van der Waals surface area contributed by atoms with E-state index in [-0.39, 0.29) is 10.9 Å². The van der Waals surface area contributed by atoms with Gasteiger partial charge < -0.3 is 9.72 Å². The van der Waals surface area contributed by atoms with Crippen molar-refractivity contribution < 1.29 is 22.3 Å². The van der Waals surface area contributed by atoms with Gasteiger partial charge in [-0.25, -0.2) is 9.37 Å². The average Bonchev–Trinajstić information content (AvgIpc) is 2.52. The molecule has 0 saturated carbocycles. The second kappa shape index (κ2) is 6.52. The first-order valence-electron chi connectivity index (χ1n) is 6.27. The fourth-order valence-corrected chi connectivity index (χ4v) is 2.45. The van der Waals surface area contributed by atoms with Crippen molar-refractivity contribution in [2.45, 2.75) is 11.3 Å². The summed E-state index contributed by atoms with van der Waals surface area (Å²) in [5.74, 6) is -1.92. The number of thioether (sulfide) groups is 1. The lowest BCUT2D eigenvalue weighted by Gasteiger charge is -2.17. The van der Waals surface area contributed by atoms with Gasteiger partial charge in [-0.1, -0.05) is 11.8 Å². The molecule has 1 aromatic carbocycles. The zero-order chi connectivity index (χ0) is 18.1. The Labute approximate surface area is 137 Å². The van der Waals surface area contributed by atoms with E-state index in [2.05, 4.69) is 9.97 Å². The van der Waals surface area contributed by atoms with Crippen LogP contribution in [0.25, 0.3) is 11.3 Å². The molecule has 0 fully saturated rings. The van der Waals surface area contributed by atoms with Gasteiger partial charge in [-0.3, -0.25) is 4.79 Å². The molecule has 0 amide bonds. The van der Waals surface area contributed by atoms with Gasteiger partial charge in [0.25, 0.3) is 5.56 Å². The number of hydrogen-bond donors (Lipinski definition) is 1. The number of ether oxygens (including phenoxy) is 1. The molecule has 0 atom stereocenters. The Morgan fingerprint density at radius 3 is 2.54 bits per heavy atom. The van der Waals surface area contributed by atoms with Crippen LogP contribution in [0.15, 0.2) is 22.1 Å². The molecule has 10 heteroatoms. The lowest BCUT2D eigenvalue weighted by Crippen LogP contribution is -2.18. The number of nitriles is 1. The van der Waals surface area contributed by atoms with Crippen molar-refractivity contribution >= 4 is 11.8 Å². The highest BCUT2D eigenvalue weighted by Gasteiger charge is 2.40. The number of aromatic amines is 1. The summed E-state index contributed by atoms with van der Waals surface area (Å²) in [6.07, 6.45) is -3.55. The van der Waals surface area contributed by atoms with Crippen LogP contribution >= 0.6 is 11.8 Å². The minimum Gasteiger partial charge on any atom is -0.496 e. The molecular weight excluding hydrogens is 350 g/mol. The third-order valence-corrected chi connectivity index (χ3v) is 3.64. The van der Waals surface area contributed by atoms with E-state index in [1.165, 1.54) is 12.3 Å². The topological polar surface area (TPSA) is 78.8 Å². The zero-order valence-electron chi connectivity index (χ0n) is 12.3. The molecule has 0 spiro atoms. The van der Waals surface area contributed by atoms with E-state index in [1.54, 1.807) is 0 Å². The summed E-state index contributed by atoms with van der Waals surface area (Å²) in [6.45, 7) is 0. The maximum atomic E-state index is 13.9. The van der Waals surface area contributed by atoms with Gasteiger partial charge in [0, 0.05) is 0 Å². The quantitative estimate of drug-likeness (QED) is 0.517. The van der Waals surface area contributed by atoms with Crippen LogP contribution in [0.4, 0.5) is 17.6 Å². The summed E-state index contributed by atoms with van der Waals surface area (Å²) in [6, 6.07) is 3.07. The van der Waals surface area contributed by atoms with E-state index < -0.39 is 39.9 Å².